The minimum atomic E-state index is 0.310. The number of fused-ring (bicyclic) bond motifs is 1. The number of guanidine groups is 1. The van der Waals surface area contributed by atoms with E-state index >= 15 is 0 Å². The maximum absolute atomic E-state index is 5.13. The van der Waals surface area contributed by atoms with Gasteiger partial charge in [-0.05, 0) is 33.7 Å². The zero-order valence-electron chi connectivity index (χ0n) is 17.0. The van der Waals surface area contributed by atoms with Crippen molar-refractivity contribution in [2.75, 3.05) is 33.3 Å². The zero-order chi connectivity index (χ0) is 18.9. The van der Waals surface area contributed by atoms with Gasteiger partial charge in [-0.3, -0.25) is 9.89 Å². The van der Waals surface area contributed by atoms with Gasteiger partial charge in [0.05, 0.1) is 13.1 Å². The number of nitrogens with one attached hydrogen (secondary N) is 2. The fraction of sp³-hybridized carbons (Fsp3) is 0.833. The first-order valence-electron chi connectivity index (χ1n) is 9.77. The highest BCUT2D eigenvalue weighted by atomic mass is 16.5. The molecular formula is C18H35N7O. The quantitative estimate of drug-likeness (QED) is 0.503. The van der Waals surface area contributed by atoms with E-state index in [0.717, 1.165) is 63.2 Å². The van der Waals surface area contributed by atoms with Crippen LogP contribution >= 0.6 is 0 Å². The Balaban J connectivity index is 1.91. The van der Waals surface area contributed by atoms with Crippen molar-refractivity contribution in [1.82, 2.24) is 30.3 Å². The number of ether oxygens (including phenoxy) is 1. The number of aliphatic imine (C=N–C) groups is 1. The molecular weight excluding hydrogens is 330 g/mol. The highest BCUT2D eigenvalue weighted by Gasteiger charge is 2.22. The third kappa shape index (κ3) is 5.95. The number of hydrogen-bond donors (Lipinski definition) is 2. The average Bonchev–Trinajstić information content (AvgIpc) is 3.00. The van der Waals surface area contributed by atoms with Crippen LogP contribution in [0.2, 0.25) is 0 Å². The second-order valence-electron chi connectivity index (χ2n) is 6.92. The topological polar surface area (TPSA) is 79.6 Å². The van der Waals surface area contributed by atoms with Gasteiger partial charge >= 0.3 is 0 Å². The van der Waals surface area contributed by atoms with Crippen molar-refractivity contribution in [1.29, 1.82) is 0 Å². The van der Waals surface area contributed by atoms with Gasteiger partial charge in [-0.15, -0.1) is 0 Å². The lowest BCUT2D eigenvalue weighted by Gasteiger charge is -2.26. The number of rotatable bonds is 9. The van der Waals surface area contributed by atoms with E-state index in [-0.39, 0.29) is 0 Å². The second kappa shape index (κ2) is 10.5. The standard InChI is InChI=1S/C18H35N7O/c1-6-19-18(20-10-11-24(7-2)14(3)4)21-15-8-9-17-22-16(13-26-5)23-25(17)12-15/h14-15H,6-13H2,1-5H3,(H2,19,20,21). The highest BCUT2D eigenvalue weighted by molar-refractivity contribution is 5.80. The van der Waals surface area contributed by atoms with Crippen LogP contribution in [0.4, 0.5) is 0 Å². The molecule has 0 aromatic carbocycles. The van der Waals surface area contributed by atoms with Crippen molar-refractivity contribution in [3.05, 3.63) is 11.6 Å². The van der Waals surface area contributed by atoms with Crippen LogP contribution < -0.4 is 10.6 Å². The van der Waals surface area contributed by atoms with Crippen molar-refractivity contribution in [3.8, 4) is 0 Å². The average molecular weight is 366 g/mol. The Hall–Kier alpha value is -1.67. The number of methoxy groups -OCH3 is 1. The molecule has 0 spiro atoms. The number of aromatic nitrogens is 3. The normalized spacial score (nSPS) is 17.7. The summed E-state index contributed by atoms with van der Waals surface area (Å²) in [4.78, 5) is 11.7. The van der Waals surface area contributed by atoms with E-state index in [1.54, 1.807) is 7.11 Å². The Bertz CT molecular complexity index is 570. The van der Waals surface area contributed by atoms with E-state index in [1.165, 1.54) is 0 Å². The first-order valence-corrected chi connectivity index (χ1v) is 9.77. The lowest BCUT2D eigenvalue weighted by atomic mass is 10.1. The van der Waals surface area contributed by atoms with Crippen LogP contribution in [0.3, 0.4) is 0 Å². The number of likely N-dealkylation sites (N-methyl/N-ethyl adjacent to an activating group) is 1. The summed E-state index contributed by atoms with van der Waals surface area (Å²) >= 11 is 0. The SMILES string of the molecule is CCNC(=NCCN(CC)C(C)C)NC1CCc2nc(COC)nn2C1. The largest absolute Gasteiger partial charge is 0.377 e. The monoisotopic (exact) mass is 365 g/mol. The number of aryl methyl sites for hydroxylation is 1. The minimum absolute atomic E-state index is 0.310. The van der Waals surface area contributed by atoms with Crippen LogP contribution in [0.1, 0.15) is 45.8 Å². The molecule has 2 heterocycles. The van der Waals surface area contributed by atoms with E-state index in [9.17, 15) is 0 Å². The molecule has 0 bridgehead atoms. The summed E-state index contributed by atoms with van der Waals surface area (Å²) in [5, 5.41) is 11.4. The summed E-state index contributed by atoms with van der Waals surface area (Å²) in [6, 6.07) is 0.862. The van der Waals surface area contributed by atoms with Crippen molar-refractivity contribution in [2.45, 2.75) is 65.8 Å². The van der Waals surface area contributed by atoms with E-state index in [0.29, 0.717) is 18.7 Å². The molecule has 8 nitrogen and oxygen atoms in total. The van der Waals surface area contributed by atoms with Gasteiger partial charge in [-0.1, -0.05) is 6.92 Å². The molecule has 0 saturated heterocycles. The first-order chi connectivity index (χ1) is 12.6. The van der Waals surface area contributed by atoms with E-state index in [4.69, 9.17) is 9.73 Å². The maximum Gasteiger partial charge on any atom is 0.191 e. The smallest absolute Gasteiger partial charge is 0.191 e. The molecule has 0 fully saturated rings. The molecule has 1 unspecified atom stereocenters. The number of hydrogen-bond acceptors (Lipinski definition) is 5. The molecule has 1 aromatic heterocycles. The van der Waals surface area contributed by atoms with Crippen LogP contribution in [0.5, 0.6) is 0 Å². The molecule has 2 N–H and O–H groups in total. The summed E-state index contributed by atoms with van der Waals surface area (Å²) < 4.78 is 7.13. The van der Waals surface area contributed by atoms with Crippen LogP contribution in [0.25, 0.3) is 0 Å². The summed E-state index contributed by atoms with van der Waals surface area (Å²) in [6.07, 6.45) is 1.95. The lowest BCUT2D eigenvalue weighted by molar-refractivity contribution is 0.177. The third-order valence-corrected chi connectivity index (χ3v) is 4.65. The summed E-state index contributed by atoms with van der Waals surface area (Å²) in [7, 11) is 1.67. The number of nitrogens with zero attached hydrogens (tertiary/aromatic N) is 5. The van der Waals surface area contributed by atoms with Crippen molar-refractivity contribution >= 4 is 5.96 Å². The Labute approximate surface area is 157 Å². The minimum Gasteiger partial charge on any atom is -0.377 e. The predicted octanol–water partition coefficient (Wildman–Crippen LogP) is 1.02. The molecule has 2 rings (SSSR count). The Morgan fingerprint density at radius 1 is 1.42 bits per heavy atom. The van der Waals surface area contributed by atoms with Gasteiger partial charge in [0.1, 0.15) is 12.4 Å². The molecule has 0 aliphatic carbocycles. The van der Waals surface area contributed by atoms with Gasteiger partial charge in [0.15, 0.2) is 11.8 Å². The molecule has 26 heavy (non-hydrogen) atoms. The molecule has 0 radical (unpaired) electrons. The molecule has 1 aliphatic heterocycles. The van der Waals surface area contributed by atoms with E-state index in [1.807, 2.05) is 4.68 Å². The Morgan fingerprint density at radius 3 is 2.88 bits per heavy atom. The van der Waals surface area contributed by atoms with Crippen LogP contribution in [-0.4, -0.2) is 71.0 Å². The van der Waals surface area contributed by atoms with Gasteiger partial charge < -0.3 is 15.4 Å². The molecule has 148 valence electrons. The van der Waals surface area contributed by atoms with Gasteiger partial charge in [-0.25, -0.2) is 9.67 Å². The zero-order valence-corrected chi connectivity index (χ0v) is 17.0. The third-order valence-electron chi connectivity index (χ3n) is 4.65. The molecule has 0 amide bonds. The van der Waals surface area contributed by atoms with Gasteiger partial charge in [0, 0.05) is 38.7 Å². The van der Waals surface area contributed by atoms with Crippen LogP contribution in [-0.2, 0) is 24.3 Å². The van der Waals surface area contributed by atoms with Crippen LogP contribution in [0.15, 0.2) is 4.99 Å². The fourth-order valence-electron chi connectivity index (χ4n) is 3.25. The van der Waals surface area contributed by atoms with Crippen molar-refractivity contribution < 1.29 is 4.74 Å². The molecule has 0 saturated carbocycles. The second-order valence-corrected chi connectivity index (χ2v) is 6.92. The molecule has 1 aliphatic rings. The van der Waals surface area contributed by atoms with E-state index < -0.39 is 0 Å². The first kappa shape index (κ1) is 20.6. The van der Waals surface area contributed by atoms with Crippen molar-refractivity contribution in [2.24, 2.45) is 4.99 Å². The molecule has 1 atom stereocenters. The van der Waals surface area contributed by atoms with E-state index in [2.05, 4.69) is 53.3 Å². The van der Waals surface area contributed by atoms with Gasteiger partial charge in [-0.2, -0.15) is 5.10 Å². The lowest BCUT2D eigenvalue weighted by Crippen LogP contribution is -2.47. The Morgan fingerprint density at radius 2 is 2.23 bits per heavy atom. The van der Waals surface area contributed by atoms with Crippen LogP contribution in [0, 0.1) is 0 Å². The highest BCUT2D eigenvalue weighted by Crippen LogP contribution is 2.13. The molecule has 1 aromatic rings. The summed E-state index contributed by atoms with van der Waals surface area (Å²) in [5.41, 5.74) is 0. The van der Waals surface area contributed by atoms with Gasteiger partial charge in [0.25, 0.3) is 0 Å². The van der Waals surface area contributed by atoms with Crippen molar-refractivity contribution in [3.63, 3.8) is 0 Å². The predicted molar refractivity (Wildman–Crippen MR) is 104 cm³/mol. The molecule has 8 heteroatoms. The summed E-state index contributed by atoms with van der Waals surface area (Å²) in [5.74, 6) is 2.70. The van der Waals surface area contributed by atoms with Gasteiger partial charge in [0.2, 0.25) is 0 Å². The maximum atomic E-state index is 5.13. The summed E-state index contributed by atoms with van der Waals surface area (Å²) in [6.45, 7) is 13.7. The Kier molecular flexibility index (Phi) is 8.31. The fourth-order valence-corrected chi connectivity index (χ4v) is 3.25.